The van der Waals surface area contributed by atoms with Crippen LogP contribution in [0.5, 0.6) is 0 Å². The molecule has 0 saturated carbocycles. The second-order valence-electron chi connectivity index (χ2n) is 6.54. The minimum absolute atomic E-state index is 0.750. The van der Waals surface area contributed by atoms with Gasteiger partial charge in [-0.05, 0) is 51.4 Å². The quantitative estimate of drug-likeness (QED) is 0.272. The number of rotatable bonds is 0. The van der Waals surface area contributed by atoms with Crippen molar-refractivity contribution in [2.75, 3.05) is 0 Å². The van der Waals surface area contributed by atoms with Crippen LogP contribution in [0.4, 0.5) is 0 Å². The zero-order valence-electron chi connectivity index (χ0n) is 16.4. The van der Waals surface area contributed by atoms with E-state index in [1.807, 2.05) is 0 Å². The molecular formula is C22H38N2O2. The van der Waals surface area contributed by atoms with Gasteiger partial charge >= 0.3 is 0 Å². The molecular weight excluding hydrogens is 324 g/mol. The molecule has 0 radical (unpaired) electrons. The van der Waals surface area contributed by atoms with Gasteiger partial charge in [0.25, 0.3) is 0 Å². The van der Waals surface area contributed by atoms with Gasteiger partial charge in [-0.1, -0.05) is 75.7 Å². The van der Waals surface area contributed by atoms with Crippen molar-refractivity contribution in [1.82, 2.24) is 0 Å². The van der Waals surface area contributed by atoms with Gasteiger partial charge in [-0.25, -0.2) is 20.4 Å². The fourth-order valence-electron chi connectivity index (χ4n) is 2.93. The first-order valence-electron chi connectivity index (χ1n) is 10.2. The first-order valence-corrected chi connectivity index (χ1v) is 10.2. The molecule has 0 aromatic heterocycles. The van der Waals surface area contributed by atoms with Gasteiger partial charge in [0.15, 0.2) is 0 Å². The highest BCUT2D eigenvalue weighted by atomic mass is 16.1. The lowest BCUT2D eigenvalue weighted by Crippen LogP contribution is -1.81. The lowest BCUT2D eigenvalue weighted by molar-refractivity contribution is 0.562. The molecule has 2 rings (SSSR count). The maximum absolute atomic E-state index is 8.35. The van der Waals surface area contributed by atoms with E-state index in [1.54, 1.807) is 0 Å². The summed E-state index contributed by atoms with van der Waals surface area (Å²) < 4.78 is 0. The normalized spacial score (nSPS) is 17.8. The fraction of sp³-hybridized carbons (Fsp3) is 0.727. The van der Waals surface area contributed by atoms with Crippen molar-refractivity contribution in [2.45, 2.75) is 103 Å². The summed E-state index contributed by atoms with van der Waals surface area (Å²) in [6.07, 6.45) is 33.5. The monoisotopic (exact) mass is 362 g/mol. The highest BCUT2D eigenvalue weighted by Crippen LogP contribution is 2.12. The van der Waals surface area contributed by atoms with Crippen molar-refractivity contribution >= 4 is 12.2 Å². The minimum Gasteiger partial charge on any atom is -0.222 e. The van der Waals surface area contributed by atoms with Gasteiger partial charge in [0.05, 0.1) is 0 Å². The number of carbonyl (C=O) groups excluding carboxylic acids is 2. The van der Waals surface area contributed by atoms with E-state index in [2.05, 4.69) is 24.3 Å². The topological polar surface area (TPSA) is 81.8 Å². The van der Waals surface area contributed by atoms with E-state index in [1.165, 1.54) is 103 Å². The van der Waals surface area contributed by atoms with Crippen LogP contribution in [0.25, 0.3) is 0 Å². The van der Waals surface area contributed by atoms with Gasteiger partial charge in [-0.15, -0.1) is 0 Å². The summed E-state index contributed by atoms with van der Waals surface area (Å²) in [6.45, 7) is 0. The van der Waals surface area contributed by atoms with E-state index in [0.717, 1.165) is 12.2 Å². The lowest BCUT2D eigenvalue weighted by Gasteiger charge is -2.01. The number of hydrogen-bond acceptors (Lipinski definition) is 4. The third-order valence-electron chi connectivity index (χ3n) is 4.32. The van der Waals surface area contributed by atoms with E-state index < -0.39 is 0 Å². The van der Waals surface area contributed by atoms with Crippen LogP contribution in [0.2, 0.25) is 0 Å². The Bertz CT molecular complexity index is 329. The molecule has 2 N–H and O–H groups in total. The number of isocyanates is 2. The minimum atomic E-state index is 0.750. The van der Waals surface area contributed by atoms with Crippen LogP contribution in [0.15, 0.2) is 24.3 Å². The Morgan fingerprint density at radius 1 is 0.423 bits per heavy atom. The molecule has 0 aromatic rings. The van der Waals surface area contributed by atoms with Gasteiger partial charge in [0.1, 0.15) is 0 Å². The summed E-state index contributed by atoms with van der Waals surface area (Å²) in [7, 11) is 0. The Hall–Kier alpha value is -1.76. The summed E-state index contributed by atoms with van der Waals surface area (Å²) in [5.41, 5.74) is 0. The fourth-order valence-corrected chi connectivity index (χ4v) is 2.93. The molecule has 0 fully saturated rings. The Morgan fingerprint density at radius 3 is 0.769 bits per heavy atom. The molecule has 2 aliphatic carbocycles. The smallest absolute Gasteiger partial charge is 0.222 e. The second-order valence-corrected chi connectivity index (χ2v) is 6.54. The van der Waals surface area contributed by atoms with Gasteiger partial charge in [0.2, 0.25) is 12.2 Å². The molecule has 0 bridgehead atoms. The van der Waals surface area contributed by atoms with Crippen molar-refractivity contribution in [2.24, 2.45) is 0 Å². The van der Waals surface area contributed by atoms with Crippen LogP contribution >= 0.6 is 0 Å². The van der Waals surface area contributed by atoms with Crippen molar-refractivity contribution in [3.05, 3.63) is 24.3 Å². The molecule has 0 atom stereocenters. The summed E-state index contributed by atoms with van der Waals surface area (Å²) in [4.78, 5) is 16.7. The molecule has 0 spiro atoms. The van der Waals surface area contributed by atoms with Crippen molar-refractivity contribution in [3.8, 4) is 0 Å². The Labute approximate surface area is 160 Å². The van der Waals surface area contributed by atoms with Crippen LogP contribution in [0.3, 0.4) is 0 Å². The summed E-state index contributed by atoms with van der Waals surface area (Å²) in [6, 6.07) is 0. The molecule has 148 valence electrons. The molecule has 0 aliphatic heterocycles. The molecule has 2 aliphatic rings. The van der Waals surface area contributed by atoms with Crippen LogP contribution in [-0.2, 0) is 9.59 Å². The highest BCUT2D eigenvalue weighted by molar-refractivity contribution is 5.26. The van der Waals surface area contributed by atoms with E-state index in [9.17, 15) is 0 Å². The molecule has 26 heavy (non-hydrogen) atoms. The molecule has 4 nitrogen and oxygen atoms in total. The Kier molecular flexibility index (Phi) is 28.6. The van der Waals surface area contributed by atoms with E-state index >= 15 is 0 Å². The molecule has 0 aromatic carbocycles. The largest absolute Gasteiger partial charge is 0.231 e. The van der Waals surface area contributed by atoms with E-state index in [4.69, 9.17) is 20.4 Å². The zero-order chi connectivity index (χ0) is 19.6. The van der Waals surface area contributed by atoms with Crippen LogP contribution in [0, 0.1) is 10.8 Å². The first kappa shape index (κ1) is 26.5. The summed E-state index contributed by atoms with van der Waals surface area (Å²) in [5, 5.41) is 10.8. The van der Waals surface area contributed by atoms with E-state index in [-0.39, 0.29) is 0 Å². The summed E-state index contributed by atoms with van der Waals surface area (Å²) in [5.74, 6) is 0. The molecule has 0 heterocycles. The van der Waals surface area contributed by atoms with Crippen LogP contribution in [0.1, 0.15) is 103 Å². The first-order chi connectivity index (χ1) is 12.8. The van der Waals surface area contributed by atoms with Crippen molar-refractivity contribution in [3.63, 3.8) is 0 Å². The van der Waals surface area contributed by atoms with Crippen molar-refractivity contribution in [1.29, 1.82) is 10.8 Å². The maximum atomic E-state index is 8.35. The third kappa shape index (κ3) is 30.2. The second kappa shape index (κ2) is 28.1. The number of allylic oxidation sites excluding steroid dienone is 4. The third-order valence-corrected chi connectivity index (χ3v) is 4.32. The Balaban J connectivity index is 0. The molecule has 0 unspecified atom stereocenters. The standard InChI is InChI=1S/2C10H18.2CHNO/c2*1-2-4-6-8-10-9-7-5-3-1;2*2-1-3/h2*1-2H,3-10H2;2*2H. The lowest BCUT2D eigenvalue weighted by atomic mass is 10.1. The Morgan fingerprint density at radius 2 is 0.577 bits per heavy atom. The van der Waals surface area contributed by atoms with Crippen LogP contribution in [-0.4, -0.2) is 12.2 Å². The van der Waals surface area contributed by atoms with Gasteiger partial charge in [0, 0.05) is 0 Å². The predicted octanol–water partition coefficient (Wildman–Crippen LogP) is 7.16. The predicted molar refractivity (Wildman–Crippen MR) is 109 cm³/mol. The number of hydrogen-bond donors (Lipinski definition) is 2. The zero-order valence-corrected chi connectivity index (χ0v) is 16.4. The average molecular weight is 363 g/mol. The highest BCUT2D eigenvalue weighted by Gasteiger charge is 1.92. The van der Waals surface area contributed by atoms with Crippen LogP contribution < -0.4 is 0 Å². The van der Waals surface area contributed by atoms with Crippen molar-refractivity contribution < 1.29 is 9.59 Å². The molecule has 0 amide bonds. The molecule has 0 saturated heterocycles. The van der Waals surface area contributed by atoms with Gasteiger partial charge in [-0.2, -0.15) is 0 Å². The maximum Gasteiger partial charge on any atom is 0.231 e. The molecule has 4 heteroatoms. The van der Waals surface area contributed by atoms with Gasteiger partial charge in [-0.3, -0.25) is 0 Å². The van der Waals surface area contributed by atoms with Gasteiger partial charge < -0.3 is 0 Å². The SMILES string of the molecule is C1=CCCCCCCCC1.C1=CCCCCCCCC1.N=C=O.N=C=O. The summed E-state index contributed by atoms with van der Waals surface area (Å²) >= 11 is 0. The van der Waals surface area contributed by atoms with E-state index in [0.29, 0.717) is 0 Å². The number of nitrogens with one attached hydrogen (secondary N) is 2. The average Bonchev–Trinajstić information content (AvgIpc) is 2.67.